The van der Waals surface area contributed by atoms with E-state index >= 15 is 0 Å². The van der Waals surface area contributed by atoms with Gasteiger partial charge in [0.1, 0.15) is 6.04 Å². The summed E-state index contributed by atoms with van der Waals surface area (Å²) < 4.78 is 0.984. The molecule has 1 atom stereocenters. The van der Waals surface area contributed by atoms with E-state index < -0.39 is 6.04 Å². The molecule has 0 spiro atoms. The summed E-state index contributed by atoms with van der Waals surface area (Å²) in [5.41, 5.74) is 0.881. The number of hydrogen-bond donors (Lipinski definition) is 0. The third-order valence-corrected chi connectivity index (χ3v) is 4.23. The van der Waals surface area contributed by atoms with E-state index in [-0.39, 0.29) is 11.8 Å². The Morgan fingerprint density at radius 3 is 2.48 bits per heavy atom. The second-order valence-corrected chi connectivity index (χ2v) is 6.74. The first-order valence-corrected chi connectivity index (χ1v) is 8.06. The number of halogens is 1. The lowest BCUT2D eigenvalue weighted by atomic mass is 10.1. The highest BCUT2D eigenvalue weighted by Gasteiger charge is 2.34. The van der Waals surface area contributed by atoms with Crippen LogP contribution in [0.15, 0.2) is 28.7 Å². The Balaban J connectivity index is 2.10. The Hall–Kier alpha value is -1.36. The van der Waals surface area contributed by atoms with Gasteiger partial charge < -0.3 is 9.80 Å². The minimum absolute atomic E-state index is 0.0133. The number of anilines is 1. The normalized spacial score (nSPS) is 19.3. The van der Waals surface area contributed by atoms with E-state index in [2.05, 4.69) is 15.9 Å². The smallest absolute Gasteiger partial charge is 0.249 e. The van der Waals surface area contributed by atoms with E-state index in [1.807, 2.05) is 45.0 Å². The molecule has 21 heavy (non-hydrogen) atoms. The number of carbonyl (C=O) groups excluding carboxylic acids is 2. The van der Waals surface area contributed by atoms with Gasteiger partial charge in [0.05, 0.1) is 0 Å². The van der Waals surface area contributed by atoms with Crippen molar-refractivity contribution in [3.63, 3.8) is 0 Å². The molecule has 5 heteroatoms. The van der Waals surface area contributed by atoms with Crippen molar-refractivity contribution < 1.29 is 9.59 Å². The first-order chi connectivity index (χ1) is 9.90. The van der Waals surface area contributed by atoms with Crippen LogP contribution in [-0.2, 0) is 9.59 Å². The third kappa shape index (κ3) is 3.64. The molecule has 0 bridgehead atoms. The summed E-state index contributed by atoms with van der Waals surface area (Å²) in [4.78, 5) is 28.2. The van der Waals surface area contributed by atoms with Crippen LogP contribution < -0.4 is 4.90 Å². The molecule has 0 saturated carbocycles. The quantitative estimate of drug-likeness (QED) is 0.838. The Labute approximate surface area is 134 Å². The monoisotopic (exact) mass is 352 g/mol. The molecule has 0 aliphatic carbocycles. The van der Waals surface area contributed by atoms with Crippen LogP contribution in [0.4, 0.5) is 5.69 Å². The minimum Gasteiger partial charge on any atom is -0.329 e. The number of hydrogen-bond acceptors (Lipinski definition) is 2. The number of nitrogens with zero attached hydrogens (tertiary/aromatic N) is 2. The molecule has 1 heterocycles. The molecule has 1 aromatic carbocycles. The van der Waals surface area contributed by atoms with E-state index in [0.717, 1.165) is 10.2 Å². The van der Waals surface area contributed by atoms with Crippen LogP contribution in [0, 0.1) is 5.92 Å². The zero-order valence-electron chi connectivity index (χ0n) is 12.7. The first-order valence-electron chi connectivity index (χ1n) is 7.26. The van der Waals surface area contributed by atoms with Gasteiger partial charge in [0.2, 0.25) is 11.8 Å². The van der Waals surface area contributed by atoms with Gasteiger partial charge in [-0.2, -0.15) is 0 Å². The molecule has 1 fully saturated rings. The van der Waals surface area contributed by atoms with Gasteiger partial charge in [0.15, 0.2) is 0 Å². The number of carbonyl (C=O) groups is 2. The maximum absolute atomic E-state index is 12.5. The van der Waals surface area contributed by atoms with Crippen molar-refractivity contribution in [1.82, 2.24) is 4.90 Å². The maximum Gasteiger partial charge on any atom is 0.249 e. The van der Waals surface area contributed by atoms with E-state index in [9.17, 15) is 9.59 Å². The molecule has 1 aliphatic heterocycles. The standard InChI is InChI=1S/C16H21BrN2O2/c1-11(2)10-15(20)18-8-9-19(16(21)12(18)3)14-6-4-13(17)5-7-14/h4-7,11-12H,8-10H2,1-3H3/t12-/m0/s1. The van der Waals surface area contributed by atoms with Crippen molar-refractivity contribution in [2.75, 3.05) is 18.0 Å². The van der Waals surface area contributed by atoms with Crippen molar-refractivity contribution in [2.45, 2.75) is 33.2 Å². The molecule has 0 N–H and O–H groups in total. The molecule has 0 aromatic heterocycles. The van der Waals surface area contributed by atoms with Crippen molar-refractivity contribution in [1.29, 1.82) is 0 Å². The SMILES string of the molecule is CC(C)CC(=O)N1CCN(c2ccc(Br)cc2)C(=O)[C@@H]1C. The van der Waals surface area contributed by atoms with Crippen molar-refractivity contribution in [3.8, 4) is 0 Å². The van der Waals surface area contributed by atoms with Gasteiger partial charge in [-0.15, -0.1) is 0 Å². The lowest BCUT2D eigenvalue weighted by molar-refractivity contribution is -0.141. The second-order valence-electron chi connectivity index (χ2n) is 5.83. The Morgan fingerprint density at radius 1 is 1.29 bits per heavy atom. The van der Waals surface area contributed by atoms with Crippen LogP contribution in [-0.4, -0.2) is 35.8 Å². The average molecular weight is 353 g/mol. The van der Waals surface area contributed by atoms with Gasteiger partial charge in [-0.05, 0) is 37.1 Å². The van der Waals surface area contributed by atoms with Crippen molar-refractivity contribution >= 4 is 33.4 Å². The average Bonchev–Trinajstić information content (AvgIpc) is 2.42. The highest BCUT2D eigenvalue weighted by molar-refractivity contribution is 9.10. The van der Waals surface area contributed by atoms with Crippen molar-refractivity contribution in [2.24, 2.45) is 5.92 Å². The number of piperazine rings is 1. The second kappa shape index (κ2) is 6.60. The fraction of sp³-hybridized carbons (Fsp3) is 0.500. The van der Waals surface area contributed by atoms with Gasteiger partial charge in [-0.3, -0.25) is 9.59 Å². The topological polar surface area (TPSA) is 40.6 Å². The van der Waals surface area contributed by atoms with Crippen molar-refractivity contribution in [3.05, 3.63) is 28.7 Å². The van der Waals surface area contributed by atoms with E-state index in [4.69, 9.17) is 0 Å². The molecule has 114 valence electrons. The Morgan fingerprint density at radius 2 is 1.90 bits per heavy atom. The molecule has 2 rings (SSSR count). The summed E-state index contributed by atoms with van der Waals surface area (Å²) in [6.45, 7) is 6.99. The van der Waals surface area contributed by atoms with Gasteiger partial charge in [-0.1, -0.05) is 29.8 Å². The van der Waals surface area contributed by atoms with Gasteiger partial charge in [0.25, 0.3) is 0 Å². The Bertz CT molecular complexity index is 528. The van der Waals surface area contributed by atoms with E-state index in [0.29, 0.717) is 25.4 Å². The number of amides is 2. The highest BCUT2D eigenvalue weighted by Crippen LogP contribution is 2.23. The molecule has 2 amide bonds. The van der Waals surface area contributed by atoms with Crippen LogP contribution in [0.1, 0.15) is 27.2 Å². The lowest BCUT2D eigenvalue weighted by Gasteiger charge is -2.39. The van der Waals surface area contributed by atoms with Crippen LogP contribution in [0.25, 0.3) is 0 Å². The third-order valence-electron chi connectivity index (χ3n) is 3.70. The summed E-state index contributed by atoms with van der Waals surface area (Å²) in [5.74, 6) is 0.367. The van der Waals surface area contributed by atoms with Gasteiger partial charge in [0, 0.05) is 29.7 Å². The summed E-state index contributed by atoms with van der Waals surface area (Å²) in [7, 11) is 0. The number of rotatable bonds is 3. The molecular weight excluding hydrogens is 332 g/mol. The summed E-state index contributed by atoms with van der Waals surface area (Å²) >= 11 is 3.39. The molecule has 0 unspecified atom stereocenters. The molecule has 1 saturated heterocycles. The first kappa shape index (κ1) is 16.0. The lowest BCUT2D eigenvalue weighted by Crippen LogP contribution is -2.57. The molecule has 1 aromatic rings. The summed E-state index contributed by atoms with van der Waals surface area (Å²) in [6.07, 6.45) is 0.496. The van der Waals surface area contributed by atoms with Gasteiger partial charge in [-0.25, -0.2) is 0 Å². The molecule has 1 aliphatic rings. The largest absolute Gasteiger partial charge is 0.329 e. The molecule has 0 radical (unpaired) electrons. The van der Waals surface area contributed by atoms with Crippen LogP contribution in [0.3, 0.4) is 0 Å². The van der Waals surface area contributed by atoms with Crippen LogP contribution in [0.2, 0.25) is 0 Å². The van der Waals surface area contributed by atoms with E-state index in [1.54, 1.807) is 9.80 Å². The fourth-order valence-electron chi connectivity index (χ4n) is 2.55. The summed E-state index contributed by atoms with van der Waals surface area (Å²) in [5, 5.41) is 0. The zero-order valence-corrected chi connectivity index (χ0v) is 14.3. The number of benzene rings is 1. The maximum atomic E-state index is 12.5. The Kier molecular flexibility index (Phi) is 5.04. The zero-order chi connectivity index (χ0) is 15.6. The molecule has 4 nitrogen and oxygen atoms in total. The van der Waals surface area contributed by atoms with Gasteiger partial charge >= 0.3 is 0 Å². The van der Waals surface area contributed by atoms with Crippen LogP contribution in [0.5, 0.6) is 0 Å². The predicted molar refractivity (Wildman–Crippen MR) is 87.1 cm³/mol. The summed E-state index contributed by atoms with van der Waals surface area (Å²) in [6, 6.07) is 7.28. The minimum atomic E-state index is -0.395. The highest BCUT2D eigenvalue weighted by atomic mass is 79.9. The fourth-order valence-corrected chi connectivity index (χ4v) is 2.82. The van der Waals surface area contributed by atoms with E-state index in [1.165, 1.54) is 0 Å². The van der Waals surface area contributed by atoms with Crippen LogP contribution >= 0.6 is 15.9 Å². The predicted octanol–water partition coefficient (Wildman–Crippen LogP) is 3.06. The molecular formula is C16H21BrN2O2.